The van der Waals surface area contributed by atoms with E-state index in [0.29, 0.717) is 0 Å². The van der Waals surface area contributed by atoms with E-state index in [1.54, 1.807) is 0 Å². The molecule has 33 heavy (non-hydrogen) atoms. The Morgan fingerprint density at radius 2 is 1.39 bits per heavy atom. The zero-order valence-electron chi connectivity index (χ0n) is 16.8. The van der Waals surface area contributed by atoms with Crippen LogP contribution in [0.1, 0.15) is 12.8 Å². The summed E-state index contributed by atoms with van der Waals surface area (Å²) in [5.41, 5.74) is -1.73. The van der Waals surface area contributed by atoms with Crippen molar-refractivity contribution in [3.05, 3.63) is 56.2 Å². The van der Waals surface area contributed by atoms with Gasteiger partial charge in [-0.05, 0) is 0 Å². The molecule has 4 atom stereocenters. The van der Waals surface area contributed by atoms with E-state index in [0.717, 1.165) is 13.7 Å². The molecule has 2 bridgehead atoms. The van der Waals surface area contributed by atoms with E-state index >= 15 is 0 Å². The number of fused-ring (bicyclic) bond motifs is 2. The summed E-state index contributed by atoms with van der Waals surface area (Å²) in [6.45, 7) is 0. The third kappa shape index (κ3) is 3.71. The molecule has 0 aromatic carbocycles. The molecule has 1 aliphatic carbocycles. The minimum absolute atomic E-state index is 0.0900. The minimum atomic E-state index is -1.73. The molecule has 4 heterocycles. The van der Waals surface area contributed by atoms with E-state index in [1.165, 1.54) is 56.2 Å². The number of ether oxygens (including phenoxy) is 4. The van der Waals surface area contributed by atoms with Crippen molar-refractivity contribution in [3.63, 3.8) is 0 Å². The molecule has 3 aromatic rings. The van der Waals surface area contributed by atoms with Crippen molar-refractivity contribution in [2.24, 2.45) is 0 Å². The number of nitrogens with zero attached hydrogens (tertiary/aromatic N) is 6. The fourth-order valence-electron chi connectivity index (χ4n) is 3.80. The molecule has 2 aliphatic rings. The molecule has 1 saturated carbocycles. The first kappa shape index (κ1) is 20.4. The van der Waals surface area contributed by atoms with Crippen LogP contribution in [0, 0.1) is 0 Å². The summed E-state index contributed by atoms with van der Waals surface area (Å²) >= 11 is 0. The summed E-state index contributed by atoms with van der Waals surface area (Å²) in [7, 11) is 0. The van der Waals surface area contributed by atoms with E-state index < -0.39 is 48.2 Å². The number of carbonyl (C=O) groups is 4. The fraction of sp³-hybridized carbons (Fsp3) is 0.316. The number of aromatic nitrogens is 6. The van der Waals surface area contributed by atoms with Crippen LogP contribution in [0.2, 0.25) is 0 Å². The highest BCUT2D eigenvalue weighted by atomic mass is 16.7. The molecule has 14 heteroatoms. The summed E-state index contributed by atoms with van der Waals surface area (Å²) in [6, 6.07) is 0. The summed E-state index contributed by atoms with van der Waals surface area (Å²) < 4.78 is 25.1. The molecule has 3 aromatic heterocycles. The summed E-state index contributed by atoms with van der Waals surface area (Å²) in [5.74, 6) is -0.828. The van der Waals surface area contributed by atoms with Crippen molar-refractivity contribution in [1.29, 1.82) is 0 Å². The number of hydrogen-bond donors (Lipinski definition) is 0. The lowest BCUT2D eigenvalue weighted by Crippen LogP contribution is -2.54. The zero-order chi connectivity index (χ0) is 23.0. The first-order valence-corrected chi connectivity index (χ1v) is 9.75. The van der Waals surface area contributed by atoms with Gasteiger partial charge in [0.2, 0.25) is 5.60 Å². The Bertz CT molecular complexity index is 1180. The fourth-order valence-corrected chi connectivity index (χ4v) is 3.80. The number of hydrogen-bond acceptors (Lipinski definition) is 11. The maximum Gasteiger partial charge on any atom is 0.420 e. The van der Waals surface area contributed by atoms with E-state index in [2.05, 4.69) is 15.0 Å². The Balaban J connectivity index is 1.42. The molecule has 0 unspecified atom stereocenters. The van der Waals surface area contributed by atoms with Crippen molar-refractivity contribution in [3.8, 4) is 0 Å². The Kier molecular flexibility index (Phi) is 4.88. The van der Waals surface area contributed by atoms with Gasteiger partial charge in [-0.1, -0.05) is 0 Å². The summed E-state index contributed by atoms with van der Waals surface area (Å²) in [4.78, 5) is 61.7. The topological polar surface area (TPSA) is 159 Å². The van der Waals surface area contributed by atoms with Gasteiger partial charge >= 0.3 is 24.2 Å². The maximum atomic E-state index is 12.8. The molecule has 1 aliphatic heterocycles. The predicted molar refractivity (Wildman–Crippen MR) is 102 cm³/mol. The van der Waals surface area contributed by atoms with Crippen LogP contribution < -0.4 is 0 Å². The second kappa shape index (κ2) is 7.89. The van der Waals surface area contributed by atoms with Crippen LogP contribution in [0.4, 0.5) is 14.4 Å². The van der Waals surface area contributed by atoms with Crippen molar-refractivity contribution in [2.75, 3.05) is 0 Å². The molecular formula is C19H16N6O8. The lowest BCUT2D eigenvalue weighted by molar-refractivity contribution is -0.154. The standard InChI is InChI=1S/C19H16N6O8/c26-15-19(33-18(29)25-6-3-22-11-25)7-12(30-15)14(32-17(28)24-5-2-21-10-24)13(8-19)31-16(27)23-4-1-20-9-23/h1-6,9-14H,7-8H2/t12-,13-,14+,19-/m1/s1. The van der Waals surface area contributed by atoms with Crippen LogP contribution in [-0.2, 0) is 23.7 Å². The highest BCUT2D eigenvalue weighted by Crippen LogP contribution is 2.43. The smallest absolute Gasteiger partial charge is 0.420 e. The van der Waals surface area contributed by atoms with Crippen LogP contribution in [0.25, 0.3) is 0 Å². The highest BCUT2D eigenvalue weighted by Gasteiger charge is 2.63. The molecule has 0 spiro atoms. The van der Waals surface area contributed by atoms with Crippen LogP contribution in [0.3, 0.4) is 0 Å². The van der Waals surface area contributed by atoms with E-state index in [1.807, 2.05) is 0 Å². The maximum absolute atomic E-state index is 12.8. The third-order valence-corrected chi connectivity index (χ3v) is 5.34. The van der Waals surface area contributed by atoms with Gasteiger partial charge in [-0.3, -0.25) is 0 Å². The first-order valence-electron chi connectivity index (χ1n) is 9.75. The molecule has 14 nitrogen and oxygen atoms in total. The number of imidazole rings is 3. The molecule has 1 saturated heterocycles. The van der Waals surface area contributed by atoms with Crippen molar-refractivity contribution < 1.29 is 38.1 Å². The second-order valence-corrected chi connectivity index (χ2v) is 7.39. The van der Waals surface area contributed by atoms with Gasteiger partial charge in [-0.2, -0.15) is 0 Å². The molecule has 2 fully saturated rings. The van der Waals surface area contributed by atoms with Crippen LogP contribution in [-0.4, -0.2) is 76.8 Å². The Hall–Kier alpha value is -4.49. The first-order chi connectivity index (χ1) is 15.9. The lowest BCUT2D eigenvalue weighted by atomic mass is 9.82. The molecule has 170 valence electrons. The van der Waals surface area contributed by atoms with Gasteiger partial charge in [0.1, 0.15) is 31.2 Å². The van der Waals surface area contributed by atoms with Gasteiger partial charge in [0.25, 0.3) is 0 Å². The molecular weight excluding hydrogens is 440 g/mol. The van der Waals surface area contributed by atoms with Crippen LogP contribution >= 0.6 is 0 Å². The van der Waals surface area contributed by atoms with Crippen LogP contribution in [0.5, 0.6) is 0 Å². The van der Waals surface area contributed by atoms with Gasteiger partial charge in [-0.15, -0.1) is 0 Å². The predicted octanol–water partition coefficient (Wildman–Crippen LogP) is 0.826. The molecule has 5 rings (SSSR count). The van der Waals surface area contributed by atoms with Gasteiger partial charge in [0.15, 0.2) is 6.10 Å². The second-order valence-electron chi connectivity index (χ2n) is 7.39. The van der Waals surface area contributed by atoms with Gasteiger partial charge in [0, 0.05) is 50.0 Å². The summed E-state index contributed by atoms with van der Waals surface area (Å²) in [5, 5.41) is 0. The largest absolute Gasteiger partial charge is 0.455 e. The molecule has 0 amide bonds. The van der Waals surface area contributed by atoms with E-state index in [-0.39, 0.29) is 12.8 Å². The van der Waals surface area contributed by atoms with Crippen molar-refractivity contribution in [2.45, 2.75) is 36.8 Å². The lowest BCUT2D eigenvalue weighted by Gasteiger charge is -2.37. The zero-order valence-corrected chi connectivity index (χ0v) is 16.8. The Morgan fingerprint density at radius 1 is 0.848 bits per heavy atom. The molecule has 0 N–H and O–H groups in total. The Morgan fingerprint density at radius 3 is 1.94 bits per heavy atom. The summed E-state index contributed by atoms with van der Waals surface area (Å²) in [6.07, 6.45) is 5.67. The van der Waals surface area contributed by atoms with Gasteiger partial charge in [-0.25, -0.2) is 47.8 Å². The number of carbonyl (C=O) groups excluding carboxylic acids is 4. The minimum Gasteiger partial charge on any atom is -0.455 e. The van der Waals surface area contributed by atoms with Gasteiger partial charge in [0.05, 0.1) is 0 Å². The highest BCUT2D eigenvalue weighted by molar-refractivity contribution is 5.86. The number of esters is 1. The van der Waals surface area contributed by atoms with Crippen LogP contribution in [0.15, 0.2) is 56.2 Å². The van der Waals surface area contributed by atoms with Crippen molar-refractivity contribution in [1.82, 2.24) is 28.7 Å². The quantitative estimate of drug-likeness (QED) is 0.406. The average Bonchev–Trinajstić information content (AvgIpc) is 3.60. The van der Waals surface area contributed by atoms with E-state index in [9.17, 15) is 19.2 Å². The van der Waals surface area contributed by atoms with E-state index in [4.69, 9.17) is 18.9 Å². The normalized spacial score (nSPS) is 25.8. The average molecular weight is 456 g/mol. The SMILES string of the molecule is O=C(O[C@@H]1[C@H](OC(=O)n2ccnc2)C[C@]2(OC(=O)n3ccnc3)C[C@H]1OC2=O)n1ccnc1. The Labute approximate surface area is 184 Å². The van der Waals surface area contributed by atoms with Crippen molar-refractivity contribution >= 4 is 24.2 Å². The number of rotatable bonds is 3. The monoisotopic (exact) mass is 456 g/mol. The molecule has 0 radical (unpaired) electrons. The third-order valence-electron chi connectivity index (χ3n) is 5.34. The van der Waals surface area contributed by atoms with Gasteiger partial charge < -0.3 is 18.9 Å².